The van der Waals surface area contributed by atoms with Crippen molar-refractivity contribution in [2.24, 2.45) is 0 Å². The Kier molecular flexibility index (Phi) is 12.5. The molecule has 4 rings (SSSR count). The third kappa shape index (κ3) is 10.6. The number of anilines is 2. The van der Waals surface area contributed by atoms with Crippen molar-refractivity contribution in [2.45, 2.75) is 65.6 Å². The lowest BCUT2D eigenvalue weighted by Crippen LogP contribution is -2.47. The lowest BCUT2D eigenvalue weighted by molar-refractivity contribution is -0.129. The first kappa shape index (κ1) is 36.1. The number of hydrogen-bond acceptors (Lipinski definition) is 7. The molecule has 0 aliphatic carbocycles. The lowest BCUT2D eigenvalue weighted by Gasteiger charge is -2.32. The van der Waals surface area contributed by atoms with Gasteiger partial charge in [0.1, 0.15) is 17.7 Å². The molecule has 0 bridgehead atoms. The van der Waals surface area contributed by atoms with Crippen molar-refractivity contribution >= 4 is 84.5 Å². The Bertz CT molecular complexity index is 1350. The number of hydrogen-bond donors (Lipinski definition) is 1. The van der Waals surface area contributed by atoms with Gasteiger partial charge < -0.3 is 14.8 Å². The molecular formula is C30H39Br2Cl2N5O5. The van der Waals surface area contributed by atoms with Crippen molar-refractivity contribution in [2.75, 3.05) is 42.7 Å². The highest BCUT2D eigenvalue weighted by Gasteiger charge is 2.32. The molecule has 14 heteroatoms. The molecule has 10 nitrogen and oxygen atoms in total. The van der Waals surface area contributed by atoms with Gasteiger partial charge in [-0.3, -0.25) is 19.8 Å². The van der Waals surface area contributed by atoms with Gasteiger partial charge in [0.15, 0.2) is 0 Å². The van der Waals surface area contributed by atoms with Crippen molar-refractivity contribution in [3.8, 4) is 0 Å². The van der Waals surface area contributed by atoms with Crippen LogP contribution in [0, 0.1) is 0 Å². The lowest BCUT2D eigenvalue weighted by atomic mass is 10.2. The highest BCUT2D eigenvalue weighted by molar-refractivity contribution is 9.11. The SMILES string of the molecule is CC(C)(C)OC(=O)N1CCCN1c1ccc(Cl)cc1Br.CC(C)(C)OC(=O)NCC(=O)N1CCCN1c1ccc(Cl)cc1Br. The molecule has 0 aromatic heterocycles. The van der Waals surface area contributed by atoms with Gasteiger partial charge >= 0.3 is 12.2 Å². The van der Waals surface area contributed by atoms with Gasteiger partial charge in [0, 0.05) is 45.2 Å². The number of hydrazine groups is 2. The summed E-state index contributed by atoms with van der Waals surface area (Å²) >= 11 is 18.9. The van der Waals surface area contributed by atoms with Gasteiger partial charge in [-0.05, 0) is 123 Å². The maximum atomic E-state index is 12.4. The number of rotatable bonds is 4. The molecule has 0 atom stereocenters. The first-order valence-electron chi connectivity index (χ1n) is 14.2. The molecule has 2 aliphatic rings. The Morgan fingerprint density at radius 1 is 0.750 bits per heavy atom. The van der Waals surface area contributed by atoms with E-state index in [0.29, 0.717) is 23.1 Å². The summed E-state index contributed by atoms with van der Waals surface area (Å²) in [5.74, 6) is -0.194. The Labute approximate surface area is 286 Å². The first-order valence-corrected chi connectivity index (χ1v) is 16.5. The fraction of sp³-hybridized carbons (Fsp3) is 0.500. The van der Waals surface area contributed by atoms with E-state index in [1.165, 1.54) is 0 Å². The maximum Gasteiger partial charge on any atom is 0.429 e. The van der Waals surface area contributed by atoms with E-state index in [1.54, 1.807) is 42.9 Å². The maximum absolute atomic E-state index is 12.4. The zero-order valence-electron chi connectivity index (χ0n) is 25.8. The second kappa shape index (κ2) is 15.2. The topological polar surface area (TPSA) is 94.7 Å². The van der Waals surface area contributed by atoms with Crippen LogP contribution in [-0.4, -0.2) is 72.0 Å². The molecule has 0 radical (unpaired) electrons. The standard InChI is InChI=1S/C16H21BrClN3O3.C14H18BrClN2O2/c1-16(2,3)24-15(23)19-10-14(22)21-8-4-7-20(21)13-6-5-11(18)9-12(13)17;1-14(2,3)20-13(19)18-8-4-7-17(18)12-6-5-10(16)9-11(12)15/h5-6,9H,4,7-8,10H2,1-3H3,(H,19,23);5-6,9H,4,7-8H2,1-3H3. The second-order valence-electron chi connectivity index (χ2n) is 12.1. The number of amides is 3. The van der Waals surface area contributed by atoms with Crippen LogP contribution in [0.4, 0.5) is 21.0 Å². The molecule has 242 valence electrons. The monoisotopic (exact) mass is 777 g/mol. The normalized spacial score (nSPS) is 15.1. The number of halogens is 4. The van der Waals surface area contributed by atoms with Gasteiger partial charge in [-0.2, -0.15) is 0 Å². The predicted octanol–water partition coefficient (Wildman–Crippen LogP) is 8.05. The molecule has 2 heterocycles. The fourth-order valence-corrected chi connectivity index (χ4v) is 6.20. The molecule has 2 saturated heterocycles. The molecule has 3 amide bonds. The number of nitrogens with one attached hydrogen (secondary N) is 1. The molecule has 2 aliphatic heterocycles. The first-order chi connectivity index (χ1) is 20.4. The van der Waals surface area contributed by atoms with Crippen LogP contribution in [-0.2, 0) is 14.3 Å². The number of carbonyl (C=O) groups is 3. The summed E-state index contributed by atoms with van der Waals surface area (Å²) in [7, 11) is 0. The van der Waals surface area contributed by atoms with Crippen LogP contribution in [0.5, 0.6) is 0 Å². The summed E-state index contributed by atoms with van der Waals surface area (Å²) in [6.45, 7) is 13.6. The number of ether oxygens (including phenoxy) is 2. The van der Waals surface area contributed by atoms with Crippen molar-refractivity contribution in [1.29, 1.82) is 0 Å². The van der Waals surface area contributed by atoms with E-state index in [-0.39, 0.29) is 18.5 Å². The molecule has 0 saturated carbocycles. The molecule has 44 heavy (non-hydrogen) atoms. The van der Waals surface area contributed by atoms with Gasteiger partial charge in [-0.15, -0.1) is 0 Å². The zero-order valence-corrected chi connectivity index (χ0v) is 30.4. The molecule has 1 N–H and O–H groups in total. The minimum absolute atomic E-state index is 0.114. The van der Waals surface area contributed by atoms with Gasteiger partial charge in [0.25, 0.3) is 5.91 Å². The number of benzene rings is 2. The third-order valence-electron chi connectivity index (χ3n) is 6.11. The fourth-order valence-electron chi connectivity index (χ4n) is 4.42. The van der Waals surface area contributed by atoms with Crippen LogP contribution in [0.3, 0.4) is 0 Å². The molecule has 2 aromatic carbocycles. The molecular weight excluding hydrogens is 741 g/mol. The highest BCUT2D eigenvalue weighted by atomic mass is 79.9. The van der Waals surface area contributed by atoms with E-state index in [2.05, 4.69) is 37.2 Å². The summed E-state index contributed by atoms with van der Waals surface area (Å²) < 4.78 is 12.3. The number of alkyl carbamates (subject to hydrolysis) is 1. The molecule has 0 spiro atoms. The Hall–Kier alpha value is -2.41. The van der Waals surface area contributed by atoms with Crippen LogP contribution in [0.15, 0.2) is 45.3 Å². The van der Waals surface area contributed by atoms with Crippen molar-refractivity contribution in [3.63, 3.8) is 0 Å². The molecule has 0 unspecified atom stereocenters. The van der Waals surface area contributed by atoms with Crippen LogP contribution < -0.4 is 15.3 Å². The van der Waals surface area contributed by atoms with E-state index in [9.17, 15) is 14.4 Å². The zero-order chi connectivity index (χ0) is 32.8. The van der Waals surface area contributed by atoms with Gasteiger partial charge in [-0.1, -0.05) is 23.2 Å². The number of carbonyl (C=O) groups excluding carboxylic acids is 3. The quantitative estimate of drug-likeness (QED) is 0.336. The smallest absolute Gasteiger partial charge is 0.429 e. The van der Waals surface area contributed by atoms with Gasteiger partial charge in [-0.25, -0.2) is 14.6 Å². The Balaban J connectivity index is 0.000000244. The van der Waals surface area contributed by atoms with Gasteiger partial charge in [0.2, 0.25) is 0 Å². The average molecular weight is 780 g/mol. The van der Waals surface area contributed by atoms with E-state index in [4.69, 9.17) is 32.7 Å². The van der Waals surface area contributed by atoms with Crippen molar-refractivity contribution in [3.05, 3.63) is 55.4 Å². The molecule has 2 aromatic rings. The summed E-state index contributed by atoms with van der Waals surface area (Å²) in [5, 5.41) is 10.9. The van der Waals surface area contributed by atoms with Crippen LogP contribution in [0.2, 0.25) is 10.0 Å². The second-order valence-corrected chi connectivity index (χ2v) is 14.7. The van der Waals surface area contributed by atoms with E-state index in [1.807, 2.05) is 55.1 Å². The highest BCUT2D eigenvalue weighted by Crippen LogP contribution is 2.34. The van der Waals surface area contributed by atoms with Crippen molar-refractivity contribution in [1.82, 2.24) is 15.3 Å². The summed E-state index contributed by atoms with van der Waals surface area (Å²) in [6, 6.07) is 11.0. The van der Waals surface area contributed by atoms with E-state index in [0.717, 1.165) is 46.3 Å². The largest absolute Gasteiger partial charge is 0.444 e. The van der Waals surface area contributed by atoms with E-state index < -0.39 is 17.3 Å². The minimum Gasteiger partial charge on any atom is -0.444 e. The van der Waals surface area contributed by atoms with Crippen molar-refractivity contribution < 1.29 is 23.9 Å². The number of nitrogens with zero attached hydrogens (tertiary/aromatic N) is 4. The molecule has 2 fully saturated rings. The van der Waals surface area contributed by atoms with E-state index >= 15 is 0 Å². The minimum atomic E-state index is -0.603. The van der Waals surface area contributed by atoms with Crippen LogP contribution >= 0.6 is 55.1 Å². The summed E-state index contributed by atoms with van der Waals surface area (Å²) in [5.41, 5.74) is 0.684. The average Bonchev–Trinajstić information content (AvgIpc) is 3.56. The van der Waals surface area contributed by atoms with Gasteiger partial charge in [0.05, 0.1) is 11.4 Å². The van der Waals surface area contributed by atoms with Crippen LogP contribution in [0.25, 0.3) is 0 Å². The summed E-state index contributed by atoms with van der Waals surface area (Å²) in [4.78, 5) is 36.4. The Morgan fingerprint density at radius 2 is 1.20 bits per heavy atom. The van der Waals surface area contributed by atoms with Crippen LogP contribution in [0.1, 0.15) is 54.4 Å². The predicted molar refractivity (Wildman–Crippen MR) is 181 cm³/mol. The third-order valence-corrected chi connectivity index (χ3v) is 7.85. The Morgan fingerprint density at radius 3 is 1.66 bits per heavy atom. The summed E-state index contributed by atoms with van der Waals surface area (Å²) in [6.07, 6.45) is 0.841.